The van der Waals surface area contributed by atoms with Gasteiger partial charge in [0.1, 0.15) is 33.5 Å². The van der Waals surface area contributed by atoms with Crippen molar-refractivity contribution in [3.63, 3.8) is 0 Å². The fourth-order valence-electron chi connectivity index (χ4n) is 11.3. The molecule has 0 aliphatic carbocycles. The average Bonchev–Trinajstić information content (AvgIpc) is 4.11. The van der Waals surface area contributed by atoms with Crippen LogP contribution in [0.1, 0.15) is 18.1 Å². The molecule has 0 bridgehead atoms. The zero-order chi connectivity index (χ0) is 45.5. The summed E-state index contributed by atoms with van der Waals surface area (Å²) in [6.07, 6.45) is 4.28. The lowest BCUT2D eigenvalue weighted by atomic mass is 9.93. The highest BCUT2D eigenvalue weighted by Gasteiger charge is 2.26. The van der Waals surface area contributed by atoms with Gasteiger partial charge in [0.2, 0.25) is 0 Å². The minimum absolute atomic E-state index is 0.535. The van der Waals surface area contributed by atoms with Gasteiger partial charge in [0, 0.05) is 43.4 Å². The van der Waals surface area contributed by atoms with Gasteiger partial charge >= 0.3 is 0 Å². The van der Waals surface area contributed by atoms with Crippen LogP contribution in [0.5, 0.6) is 0 Å². The first-order chi connectivity index (χ1) is 34.1. The predicted molar refractivity (Wildman–Crippen MR) is 287 cm³/mol. The summed E-state index contributed by atoms with van der Waals surface area (Å²) in [7, 11) is 0. The quantitative estimate of drug-likeness (QED) is 0.176. The van der Waals surface area contributed by atoms with Crippen LogP contribution >= 0.6 is 0 Å². The largest absolute Gasteiger partial charge is 0.455 e. The Morgan fingerprint density at radius 3 is 1.45 bits per heavy atom. The van der Waals surface area contributed by atoms with E-state index in [0.29, 0.717) is 5.82 Å². The van der Waals surface area contributed by atoms with E-state index in [1.807, 2.05) is 0 Å². The molecular formula is C64H38N2O3. The molecule has 5 nitrogen and oxygen atoms in total. The topological polar surface area (TPSA) is 65.2 Å². The Hall–Kier alpha value is -9.06. The van der Waals surface area contributed by atoms with Gasteiger partial charge in [-0.05, 0) is 127 Å². The van der Waals surface area contributed by atoms with Gasteiger partial charge in [-0.25, -0.2) is 9.97 Å². The highest BCUT2D eigenvalue weighted by atomic mass is 16.3. The maximum absolute atomic E-state index is 7.06. The van der Waals surface area contributed by atoms with Gasteiger partial charge in [-0.1, -0.05) is 146 Å². The van der Waals surface area contributed by atoms with Crippen molar-refractivity contribution in [2.75, 3.05) is 0 Å². The van der Waals surface area contributed by atoms with Crippen molar-refractivity contribution in [3.8, 4) is 33.9 Å². The molecule has 4 aromatic heterocycles. The molecule has 0 saturated carbocycles. The number of hydrogen-bond donors (Lipinski definition) is 0. The lowest BCUT2D eigenvalue weighted by Crippen LogP contribution is -1.98. The van der Waals surface area contributed by atoms with Crippen LogP contribution in [-0.2, 0) is 0 Å². The summed E-state index contributed by atoms with van der Waals surface area (Å²) in [4.78, 5) is 11.3. The molecule has 0 unspecified atom stereocenters. The number of fused-ring (bicyclic) bond motifs is 18. The number of rotatable bonds is 4. The predicted octanol–water partition coefficient (Wildman–Crippen LogP) is 18.3. The first-order valence-corrected chi connectivity index (χ1v) is 23.5. The second-order valence-electron chi connectivity index (χ2n) is 18.3. The first kappa shape index (κ1) is 38.1. The third kappa shape index (κ3) is 5.47. The van der Waals surface area contributed by atoms with Gasteiger partial charge < -0.3 is 13.3 Å². The Bertz CT molecular complexity index is 4760. The van der Waals surface area contributed by atoms with Crippen LogP contribution in [0.25, 0.3) is 160 Å². The number of nitrogens with zero attached hydrogens (tertiary/aromatic N) is 2. The molecule has 4 heterocycles. The van der Waals surface area contributed by atoms with E-state index in [4.69, 9.17) is 23.2 Å². The van der Waals surface area contributed by atoms with Crippen LogP contribution in [0.15, 0.2) is 201 Å². The summed E-state index contributed by atoms with van der Waals surface area (Å²) in [5.74, 6) is 0.535. The van der Waals surface area contributed by atoms with E-state index >= 15 is 0 Å². The Balaban J connectivity index is 1.10. The van der Waals surface area contributed by atoms with Crippen LogP contribution in [0.4, 0.5) is 0 Å². The van der Waals surface area contributed by atoms with Crippen molar-refractivity contribution in [1.82, 2.24) is 9.97 Å². The minimum atomic E-state index is 0.535. The van der Waals surface area contributed by atoms with E-state index in [-0.39, 0.29) is 0 Å². The molecule has 15 rings (SSSR count). The van der Waals surface area contributed by atoms with Crippen molar-refractivity contribution in [1.29, 1.82) is 0 Å². The lowest BCUT2D eigenvalue weighted by Gasteiger charge is -2.14. The molecule has 69 heavy (non-hydrogen) atoms. The number of hydrogen-bond acceptors (Lipinski definition) is 5. The van der Waals surface area contributed by atoms with Gasteiger partial charge in [0.15, 0.2) is 5.82 Å². The highest BCUT2D eigenvalue weighted by molar-refractivity contribution is 6.29. The number of allylic oxidation sites excluding steroid dienone is 1. The molecule has 11 aromatic carbocycles. The fourth-order valence-corrected chi connectivity index (χ4v) is 11.3. The number of benzene rings is 11. The molecule has 0 radical (unpaired) electrons. The molecule has 0 fully saturated rings. The lowest BCUT2D eigenvalue weighted by molar-refractivity contribution is 0.670. The average molecular weight is 883 g/mol. The number of furan rings is 3. The van der Waals surface area contributed by atoms with Crippen LogP contribution in [0.2, 0.25) is 0 Å². The molecule has 0 atom stereocenters. The van der Waals surface area contributed by atoms with E-state index in [9.17, 15) is 0 Å². The third-order valence-corrected chi connectivity index (χ3v) is 14.5. The van der Waals surface area contributed by atoms with Crippen LogP contribution in [0.3, 0.4) is 0 Å². The molecule has 0 aliphatic rings. The monoisotopic (exact) mass is 882 g/mol. The number of aromatic nitrogens is 2. The Labute approximate surface area is 394 Å². The number of aryl methyl sites for hydroxylation is 1. The van der Waals surface area contributed by atoms with Crippen molar-refractivity contribution in [2.45, 2.75) is 13.8 Å². The maximum Gasteiger partial charge on any atom is 0.164 e. The second kappa shape index (κ2) is 14.2. The van der Waals surface area contributed by atoms with Gasteiger partial charge in [0.05, 0.1) is 17.0 Å². The molecule has 322 valence electrons. The summed E-state index contributed by atoms with van der Waals surface area (Å²) in [5.41, 5.74) is 11.0. The molecule has 5 heteroatoms. The standard InChI is InChI=1S/C64H38N2O3/c1-3-14-38-29-47(61-56(35(38)2)58-43-21-10-6-15-36(43)25-27-53(58)67-61)51-34-52(48-31-41-19-9-13-24-46(41)60-59-44-22-11-7-16-37(44)26-28-54(59)68-62(48)60)66-64(65-51)50-32-42-20-8-12-23-45(42)57-49-30-39-17-4-5-18-40(39)33-55(49)69-63(50)57/h3-34H,1-2H3/b14-3-. The van der Waals surface area contributed by atoms with Gasteiger partial charge in [0.25, 0.3) is 0 Å². The molecule has 15 aromatic rings. The summed E-state index contributed by atoms with van der Waals surface area (Å²) < 4.78 is 21.2. The van der Waals surface area contributed by atoms with Gasteiger partial charge in [-0.15, -0.1) is 0 Å². The third-order valence-electron chi connectivity index (χ3n) is 14.5. The molecular weight excluding hydrogens is 845 g/mol. The van der Waals surface area contributed by atoms with Gasteiger partial charge in [-0.2, -0.15) is 0 Å². The summed E-state index contributed by atoms with van der Waals surface area (Å²) in [6.45, 7) is 4.26. The van der Waals surface area contributed by atoms with Gasteiger partial charge in [-0.3, -0.25) is 0 Å². The van der Waals surface area contributed by atoms with E-state index in [0.717, 1.165) is 159 Å². The Kier molecular flexibility index (Phi) is 7.85. The Morgan fingerprint density at radius 1 is 0.362 bits per heavy atom. The SMILES string of the molecule is C/C=C\c1cc(-c2cc(-c3cc4ccccc4c4c3oc3ccc5ccccc5c34)nc(-c3cc4ccccc4c4c3oc3cc5ccccc5cc34)n2)c2oc3ccc4ccccc4c3c2c1C. The molecule has 0 aliphatic heterocycles. The van der Waals surface area contributed by atoms with Crippen LogP contribution in [0, 0.1) is 6.92 Å². The van der Waals surface area contributed by atoms with E-state index in [1.54, 1.807) is 0 Å². The van der Waals surface area contributed by atoms with Crippen molar-refractivity contribution in [3.05, 3.63) is 199 Å². The van der Waals surface area contributed by atoms with E-state index in [1.165, 1.54) is 0 Å². The Morgan fingerprint density at radius 2 is 0.826 bits per heavy atom. The first-order valence-electron chi connectivity index (χ1n) is 23.5. The smallest absolute Gasteiger partial charge is 0.164 e. The molecule has 0 saturated heterocycles. The summed E-state index contributed by atoms with van der Waals surface area (Å²) in [5, 5.41) is 17.7. The van der Waals surface area contributed by atoms with Crippen molar-refractivity contribution in [2.24, 2.45) is 0 Å². The summed E-state index contributed by atoms with van der Waals surface area (Å²) in [6, 6.07) is 64.3. The minimum Gasteiger partial charge on any atom is -0.455 e. The van der Waals surface area contributed by atoms with Crippen molar-refractivity contribution >= 4 is 126 Å². The normalized spacial score (nSPS) is 12.4. The summed E-state index contributed by atoms with van der Waals surface area (Å²) >= 11 is 0. The van der Waals surface area contributed by atoms with E-state index < -0.39 is 0 Å². The fraction of sp³-hybridized carbons (Fsp3) is 0.0312. The van der Waals surface area contributed by atoms with Crippen LogP contribution < -0.4 is 0 Å². The van der Waals surface area contributed by atoms with Crippen molar-refractivity contribution < 1.29 is 13.3 Å². The molecule has 0 spiro atoms. The van der Waals surface area contributed by atoms with E-state index in [2.05, 4.69) is 208 Å². The zero-order valence-electron chi connectivity index (χ0n) is 37.6. The highest BCUT2D eigenvalue weighted by Crippen LogP contribution is 2.48. The van der Waals surface area contributed by atoms with Crippen LogP contribution in [-0.4, -0.2) is 9.97 Å². The second-order valence-corrected chi connectivity index (χ2v) is 18.3. The molecule has 0 amide bonds. The zero-order valence-corrected chi connectivity index (χ0v) is 37.6. The molecule has 0 N–H and O–H groups in total. The maximum atomic E-state index is 7.06.